The van der Waals surface area contributed by atoms with Gasteiger partial charge in [-0.1, -0.05) is 0 Å². The van der Waals surface area contributed by atoms with Crippen molar-refractivity contribution in [3.63, 3.8) is 0 Å². The molecule has 2 aromatic heterocycles. The third kappa shape index (κ3) is 1.18. The van der Waals surface area contributed by atoms with E-state index in [9.17, 15) is 0 Å². The van der Waals surface area contributed by atoms with Crippen LogP contribution in [0.25, 0.3) is 5.82 Å². The summed E-state index contributed by atoms with van der Waals surface area (Å²) in [5.74, 6) is 0.741. The van der Waals surface area contributed by atoms with Crippen molar-refractivity contribution < 1.29 is 0 Å². The van der Waals surface area contributed by atoms with Gasteiger partial charge in [0.2, 0.25) is 0 Å². The lowest BCUT2D eigenvalue weighted by Crippen LogP contribution is -1.99. The van der Waals surface area contributed by atoms with E-state index in [2.05, 4.69) is 15.3 Å². The molecule has 0 radical (unpaired) electrons. The lowest BCUT2D eigenvalue weighted by atomic mass is 10.4. The van der Waals surface area contributed by atoms with Gasteiger partial charge in [-0.2, -0.15) is 10.2 Å². The molecule has 4 heteroatoms. The average Bonchev–Trinajstić information content (AvgIpc) is 2.58. The van der Waals surface area contributed by atoms with Gasteiger partial charge in [0, 0.05) is 12.4 Å². The van der Waals surface area contributed by atoms with Crippen LogP contribution in [-0.4, -0.2) is 20.0 Å². The monoisotopic (exact) mass is 160 g/mol. The summed E-state index contributed by atoms with van der Waals surface area (Å²) in [4.78, 5) is 0. The van der Waals surface area contributed by atoms with E-state index >= 15 is 0 Å². The van der Waals surface area contributed by atoms with E-state index in [0.717, 1.165) is 11.5 Å². The lowest BCUT2D eigenvalue weighted by molar-refractivity contribution is 0.806. The predicted octanol–water partition coefficient (Wildman–Crippen LogP) is 0.971. The van der Waals surface area contributed by atoms with Crippen LogP contribution in [0.15, 0.2) is 30.6 Å². The third-order valence-electron chi connectivity index (χ3n) is 1.52. The van der Waals surface area contributed by atoms with Crippen LogP contribution < -0.4 is 0 Å². The first-order chi connectivity index (χ1) is 5.86. The Morgan fingerprint density at radius 1 is 1.25 bits per heavy atom. The number of hydrogen-bond donors (Lipinski definition) is 0. The zero-order chi connectivity index (χ0) is 8.39. The van der Waals surface area contributed by atoms with Crippen molar-refractivity contribution in [2.75, 3.05) is 0 Å². The van der Waals surface area contributed by atoms with Crippen LogP contribution in [0, 0.1) is 6.92 Å². The summed E-state index contributed by atoms with van der Waals surface area (Å²) in [6, 6.07) is 5.64. The molecule has 0 unspecified atom stereocenters. The zero-order valence-electron chi connectivity index (χ0n) is 6.68. The molecule has 0 atom stereocenters. The van der Waals surface area contributed by atoms with Gasteiger partial charge in [-0.15, -0.1) is 5.10 Å². The number of aromatic nitrogens is 4. The lowest BCUT2D eigenvalue weighted by Gasteiger charge is -1.97. The molecule has 2 aromatic rings. The molecule has 0 aliphatic rings. The van der Waals surface area contributed by atoms with Gasteiger partial charge in [0.05, 0.1) is 5.69 Å². The van der Waals surface area contributed by atoms with Crippen LogP contribution in [0.1, 0.15) is 5.69 Å². The molecule has 2 rings (SSSR count). The van der Waals surface area contributed by atoms with Crippen LogP contribution in [0.4, 0.5) is 0 Å². The smallest absolute Gasteiger partial charge is 0.175 e. The van der Waals surface area contributed by atoms with E-state index in [4.69, 9.17) is 0 Å². The average molecular weight is 160 g/mol. The maximum atomic E-state index is 4.03. The van der Waals surface area contributed by atoms with Crippen LogP contribution in [0.3, 0.4) is 0 Å². The molecule has 0 spiro atoms. The summed E-state index contributed by atoms with van der Waals surface area (Å²) in [5, 5.41) is 11.9. The van der Waals surface area contributed by atoms with Crippen LogP contribution in [0.5, 0.6) is 0 Å². The van der Waals surface area contributed by atoms with Gasteiger partial charge in [-0.3, -0.25) is 0 Å². The molecule has 0 saturated carbocycles. The standard InChI is InChI=1S/C8H8N4/c1-7-3-4-8(11-10-7)12-6-2-5-9-12/h2-6H,1H3. The van der Waals surface area contributed by atoms with Gasteiger partial charge in [-0.25, -0.2) is 4.68 Å². The minimum atomic E-state index is 0.741. The number of nitrogens with zero attached hydrogens (tertiary/aromatic N) is 4. The van der Waals surface area contributed by atoms with Crippen molar-refractivity contribution in [1.82, 2.24) is 20.0 Å². The number of rotatable bonds is 1. The van der Waals surface area contributed by atoms with Crippen molar-refractivity contribution in [3.05, 3.63) is 36.3 Å². The van der Waals surface area contributed by atoms with Gasteiger partial charge in [0.25, 0.3) is 0 Å². The van der Waals surface area contributed by atoms with Crippen LogP contribution in [0.2, 0.25) is 0 Å². The predicted molar refractivity (Wildman–Crippen MR) is 43.9 cm³/mol. The van der Waals surface area contributed by atoms with E-state index in [0.29, 0.717) is 0 Å². The highest BCUT2D eigenvalue weighted by atomic mass is 15.3. The van der Waals surface area contributed by atoms with Gasteiger partial charge in [0.1, 0.15) is 0 Å². The van der Waals surface area contributed by atoms with Crippen molar-refractivity contribution in [2.45, 2.75) is 6.92 Å². The molecule has 60 valence electrons. The number of hydrogen-bond acceptors (Lipinski definition) is 3. The molecule has 0 amide bonds. The second-order valence-corrected chi connectivity index (χ2v) is 2.48. The molecule has 0 N–H and O–H groups in total. The van der Waals surface area contributed by atoms with Gasteiger partial charge >= 0.3 is 0 Å². The third-order valence-corrected chi connectivity index (χ3v) is 1.52. The molecule has 2 heterocycles. The summed E-state index contributed by atoms with van der Waals surface area (Å²) in [6.07, 6.45) is 3.54. The van der Waals surface area contributed by atoms with E-state index in [1.54, 1.807) is 10.9 Å². The van der Waals surface area contributed by atoms with Crippen molar-refractivity contribution >= 4 is 0 Å². The van der Waals surface area contributed by atoms with Gasteiger partial charge < -0.3 is 0 Å². The Morgan fingerprint density at radius 3 is 2.75 bits per heavy atom. The van der Waals surface area contributed by atoms with Gasteiger partial charge in [0.15, 0.2) is 5.82 Å². The maximum Gasteiger partial charge on any atom is 0.175 e. The van der Waals surface area contributed by atoms with E-state index < -0.39 is 0 Å². The Balaban J connectivity index is 2.43. The fourth-order valence-electron chi connectivity index (χ4n) is 0.918. The van der Waals surface area contributed by atoms with E-state index in [1.165, 1.54) is 0 Å². The second-order valence-electron chi connectivity index (χ2n) is 2.48. The molecule has 0 bridgehead atoms. The first kappa shape index (κ1) is 6.97. The van der Waals surface area contributed by atoms with Crippen LogP contribution in [-0.2, 0) is 0 Å². The quantitative estimate of drug-likeness (QED) is 0.624. The highest BCUT2D eigenvalue weighted by Gasteiger charge is 1.95. The summed E-state index contributed by atoms with van der Waals surface area (Å²) >= 11 is 0. The Morgan fingerprint density at radius 2 is 2.17 bits per heavy atom. The van der Waals surface area contributed by atoms with Crippen molar-refractivity contribution in [3.8, 4) is 5.82 Å². The van der Waals surface area contributed by atoms with Gasteiger partial charge in [-0.05, 0) is 25.1 Å². The zero-order valence-corrected chi connectivity index (χ0v) is 6.68. The Kier molecular flexibility index (Phi) is 1.59. The molecule has 12 heavy (non-hydrogen) atoms. The van der Waals surface area contributed by atoms with E-state index in [1.807, 2.05) is 31.3 Å². The summed E-state index contributed by atoms with van der Waals surface area (Å²) in [7, 11) is 0. The topological polar surface area (TPSA) is 43.6 Å². The molecule has 0 aliphatic carbocycles. The van der Waals surface area contributed by atoms with Crippen LogP contribution >= 0.6 is 0 Å². The molecule has 0 saturated heterocycles. The summed E-state index contributed by atoms with van der Waals surface area (Å²) in [5.41, 5.74) is 0.908. The molecule has 0 aliphatic heterocycles. The fraction of sp³-hybridized carbons (Fsp3) is 0.125. The molecule has 0 fully saturated rings. The summed E-state index contributed by atoms with van der Waals surface area (Å²) in [6.45, 7) is 1.90. The number of aryl methyl sites for hydroxylation is 1. The molecular formula is C8H8N4. The highest BCUT2D eigenvalue weighted by Crippen LogP contribution is 1.99. The molecular weight excluding hydrogens is 152 g/mol. The maximum absolute atomic E-state index is 4.03. The first-order valence-electron chi connectivity index (χ1n) is 3.66. The minimum Gasteiger partial charge on any atom is -0.221 e. The van der Waals surface area contributed by atoms with Crippen molar-refractivity contribution in [2.24, 2.45) is 0 Å². The molecule has 0 aromatic carbocycles. The highest BCUT2D eigenvalue weighted by molar-refractivity contribution is 5.19. The first-order valence-corrected chi connectivity index (χ1v) is 3.66. The Bertz CT molecular complexity index is 349. The van der Waals surface area contributed by atoms with E-state index in [-0.39, 0.29) is 0 Å². The van der Waals surface area contributed by atoms with Crippen molar-refractivity contribution in [1.29, 1.82) is 0 Å². The molecule has 4 nitrogen and oxygen atoms in total. The normalized spacial score (nSPS) is 10.1. The summed E-state index contributed by atoms with van der Waals surface area (Å²) < 4.78 is 1.67. The minimum absolute atomic E-state index is 0.741. The largest absolute Gasteiger partial charge is 0.221 e. The fourth-order valence-corrected chi connectivity index (χ4v) is 0.918. The Labute approximate surface area is 69.9 Å². The second kappa shape index (κ2) is 2.73. The SMILES string of the molecule is Cc1ccc(-n2cccn2)nn1. The Hall–Kier alpha value is -1.71.